The van der Waals surface area contributed by atoms with Gasteiger partial charge in [-0.2, -0.15) is 5.26 Å². The quantitative estimate of drug-likeness (QED) is 0.537. The van der Waals surface area contributed by atoms with E-state index in [-0.39, 0.29) is 16.6 Å². The fourth-order valence-corrected chi connectivity index (χ4v) is 3.34. The first-order chi connectivity index (χ1) is 13.0. The van der Waals surface area contributed by atoms with Gasteiger partial charge in [0, 0.05) is 6.42 Å². The molecule has 0 saturated heterocycles. The van der Waals surface area contributed by atoms with E-state index in [0.29, 0.717) is 22.0 Å². The van der Waals surface area contributed by atoms with E-state index in [2.05, 4.69) is 29.4 Å². The zero-order chi connectivity index (χ0) is 19.4. The lowest BCUT2D eigenvalue weighted by molar-refractivity contribution is -0.112. The number of nitriles is 1. The van der Waals surface area contributed by atoms with Gasteiger partial charge in [0.05, 0.1) is 10.9 Å². The van der Waals surface area contributed by atoms with Crippen molar-refractivity contribution in [3.63, 3.8) is 0 Å². The molecule has 136 valence electrons. The van der Waals surface area contributed by atoms with Crippen LogP contribution in [0.1, 0.15) is 24.4 Å². The summed E-state index contributed by atoms with van der Waals surface area (Å²) in [6.07, 6.45) is 3.21. The highest BCUT2D eigenvalue weighted by molar-refractivity contribution is 7.15. The Labute approximate surface area is 159 Å². The van der Waals surface area contributed by atoms with Gasteiger partial charge >= 0.3 is 0 Å². The summed E-state index contributed by atoms with van der Waals surface area (Å²) in [6, 6.07) is 8.58. The van der Waals surface area contributed by atoms with E-state index in [9.17, 15) is 14.9 Å². The molecule has 2 aromatic heterocycles. The maximum atomic E-state index is 12.5. The van der Waals surface area contributed by atoms with Crippen LogP contribution in [0.4, 0.5) is 5.13 Å². The van der Waals surface area contributed by atoms with Crippen LogP contribution >= 0.6 is 11.3 Å². The van der Waals surface area contributed by atoms with Crippen LogP contribution < -0.4 is 10.7 Å². The van der Waals surface area contributed by atoms with Gasteiger partial charge in [-0.05, 0) is 24.1 Å². The summed E-state index contributed by atoms with van der Waals surface area (Å²) in [5.41, 5.74) is 0.0260. The summed E-state index contributed by atoms with van der Waals surface area (Å²) < 4.78 is 5.40. The van der Waals surface area contributed by atoms with Crippen molar-refractivity contribution in [2.24, 2.45) is 5.92 Å². The van der Waals surface area contributed by atoms with Gasteiger partial charge in [-0.25, -0.2) is 0 Å². The number of nitrogens with one attached hydrogen (secondary N) is 1. The van der Waals surface area contributed by atoms with Gasteiger partial charge in [0.25, 0.3) is 5.91 Å². The highest BCUT2D eigenvalue weighted by atomic mass is 32.1. The molecule has 1 N–H and O–H groups in total. The number of rotatable bonds is 5. The molecule has 7 nitrogen and oxygen atoms in total. The minimum absolute atomic E-state index is 0.123. The number of nitrogens with zero attached hydrogens (tertiary/aromatic N) is 3. The third kappa shape index (κ3) is 4.27. The lowest BCUT2D eigenvalue weighted by Crippen LogP contribution is -2.14. The molecule has 1 amide bonds. The van der Waals surface area contributed by atoms with Gasteiger partial charge in [0.15, 0.2) is 5.43 Å². The molecule has 0 aliphatic carbocycles. The second-order valence-corrected chi connectivity index (χ2v) is 7.30. The third-order valence-electron chi connectivity index (χ3n) is 3.64. The second kappa shape index (κ2) is 7.93. The molecule has 0 fully saturated rings. The van der Waals surface area contributed by atoms with Crippen LogP contribution in [-0.4, -0.2) is 16.1 Å². The number of aromatic nitrogens is 2. The van der Waals surface area contributed by atoms with Gasteiger partial charge in [-0.1, -0.05) is 37.3 Å². The van der Waals surface area contributed by atoms with Crippen LogP contribution in [0.2, 0.25) is 0 Å². The molecule has 0 bridgehead atoms. The molecule has 0 unspecified atom stereocenters. The number of amides is 1. The van der Waals surface area contributed by atoms with Crippen LogP contribution in [-0.2, 0) is 11.2 Å². The van der Waals surface area contributed by atoms with Crippen molar-refractivity contribution >= 4 is 39.4 Å². The number of fused-ring (bicyclic) bond motifs is 1. The average Bonchev–Trinajstić information content (AvgIpc) is 3.07. The average molecular weight is 380 g/mol. The number of anilines is 1. The first-order valence-corrected chi connectivity index (χ1v) is 9.05. The third-order valence-corrected chi connectivity index (χ3v) is 4.50. The Kier molecular flexibility index (Phi) is 5.43. The molecule has 0 aliphatic heterocycles. The van der Waals surface area contributed by atoms with Crippen molar-refractivity contribution in [1.29, 1.82) is 5.26 Å². The predicted molar refractivity (Wildman–Crippen MR) is 103 cm³/mol. The first-order valence-electron chi connectivity index (χ1n) is 8.24. The van der Waals surface area contributed by atoms with E-state index in [4.69, 9.17) is 4.42 Å². The van der Waals surface area contributed by atoms with Gasteiger partial charge in [0.1, 0.15) is 28.5 Å². The predicted octanol–water partition coefficient (Wildman–Crippen LogP) is 3.39. The SMILES string of the molecule is CC(C)Cc1nnc(NC(=O)/C(C#N)=C\c2coc3ccccc3c2=O)s1. The molecular formula is C19H16N4O3S. The van der Waals surface area contributed by atoms with Crippen LogP contribution in [0.15, 0.2) is 45.3 Å². The normalized spacial score (nSPS) is 11.6. The number of para-hydroxylation sites is 1. The maximum Gasteiger partial charge on any atom is 0.268 e. The number of hydrogen-bond acceptors (Lipinski definition) is 7. The number of benzene rings is 1. The monoisotopic (exact) mass is 380 g/mol. The summed E-state index contributed by atoms with van der Waals surface area (Å²) in [5, 5.41) is 21.3. The molecular weight excluding hydrogens is 364 g/mol. The summed E-state index contributed by atoms with van der Waals surface area (Å²) in [7, 11) is 0. The molecule has 3 aromatic rings. The molecule has 0 spiro atoms. The summed E-state index contributed by atoms with van der Waals surface area (Å²) in [4.78, 5) is 24.9. The van der Waals surface area contributed by atoms with Crippen molar-refractivity contribution in [1.82, 2.24) is 10.2 Å². The molecule has 0 aliphatic rings. The van der Waals surface area contributed by atoms with Crippen molar-refractivity contribution in [2.45, 2.75) is 20.3 Å². The molecule has 8 heteroatoms. The van der Waals surface area contributed by atoms with Crippen LogP contribution in [0.5, 0.6) is 0 Å². The highest BCUT2D eigenvalue weighted by Gasteiger charge is 2.15. The van der Waals surface area contributed by atoms with Gasteiger partial charge < -0.3 is 4.42 Å². The summed E-state index contributed by atoms with van der Waals surface area (Å²) in [5.74, 6) is -0.236. The van der Waals surface area contributed by atoms with Crippen LogP contribution in [0.3, 0.4) is 0 Å². The first kappa shape index (κ1) is 18.5. The second-order valence-electron chi connectivity index (χ2n) is 6.24. The molecule has 0 atom stereocenters. The Bertz CT molecular complexity index is 1120. The minimum Gasteiger partial charge on any atom is -0.463 e. The lowest BCUT2D eigenvalue weighted by Gasteiger charge is -2.01. The molecule has 0 saturated carbocycles. The Morgan fingerprint density at radius 3 is 2.89 bits per heavy atom. The van der Waals surface area contributed by atoms with Gasteiger partial charge in [0.2, 0.25) is 5.13 Å². The fourth-order valence-electron chi connectivity index (χ4n) is 2.40. The summed E-state index contributed by atoms with van der Waals surface area (Å²) >= 11 is 1.26. The molecule has 3 rings (SSSR count). The Balaban J connectivity index is 1.85. The van der Waals surface area contributed by atoms with Crippen LogP contribution in [0, 0.1) is 17.2 Å². The van der Waals surface area contributed by atoms with Crippen molar-refractivity contribution < 1.29 is 9.21 Å². The van der Waals surface area contributed by atoms with E-state index in [1.54, 1.807) is 24.3 Å². The standard InChI is InChI=1S/C19H16N4O3S/c1-11(2)7-16-22-23-19(27-16)21-18(25)12(9-20)8-13-10-26-15-6-4-3-5-14(15)17(13)24/h3-6,8,10-11H,7H2,1-2H3,(H,21,23,25)/b12-8-. The van der Waals surface area contributed by atoms with Crippen molar-refractivity contribution in [3.8, 4) is 6.07 Å². The zero-order valence-corrected chi connectivity index (χ0v) is 15.5. The van der Waals surface area contributed by atoms with Crippen molar-refractivity contribution in [3.05, 3.63) is 56.9 Å². The highest BCUT2D eigenvalue weighted by Crippen LogP contribution is 2.19. The van der Waals surface area contributed by atoms with E-state index in [0.717, 1.165) is 11.4 Å². The topological polar surface area (TPSA) is 109 Å². The number of hydrogen-bond donors (Lipinski definition) is 1. The molecule has 2 heterocycles. The fraction of sp³-hybridized carbons (Fsp3) is 0.211. The van der Waals surface area contributed by atoms with E-state index in [1.807, 2.05) is 6.07 Å². The van der Waals surface area contributed by atoms with Gasteiger partial charge in [-0.3, -0.25) is 14.9 Å². The Hall–Kier alpha value is -3.31. The van der Waals surface area contributed by atoms with E-state index >= 15 is 0 Å². The van der Waals surface area contributed by atoms with Crippen LogP contribution in [0.25, 0.3) is 17.0 Å². The minimum atomic E-state index is -0.655. The molecule has 0 radical (unpaired) electrons. The Morgan fingerprint density at radius 1 is 1.37 bits per heavy atom. The van der Waals surface area contributed by atoms with Gasteiger partial charge in [-0.15, -0.1) is 10.2 Å². The van der Waals surface area contributed by atoms with Crippen molar-refractivity contribution in [2.75, 3.05) is 5.32 Å². The van der Waals surface area contributed by atoms with E-state index < -0.39 is 5.91 Å². The van der Waals surface area contributed by atoms with E-state index in [1.165, 1.54) is 23.7 Å². The summed E-state index contributed by atoms with van der Waals surface area (Å²) in [6.45, 7) is 4.12. The molecule has 27 heavy (non-hydrogen) atoms. The number of carbonyl (C=O) groups is 1. The zero-order valence-electron chi connectivity index (χ0n) is 14.7. The number of carbonyl (C=O) groups excluding carboxylic acids is 1. The maximum absolute atomic E-state index is 12.5. The smallest absolute Gasteiger partial charge is 0.268 e. The molecule has 1 aromatic carbocycles. The lowest BCUT2D eigenvalue weighted by atomic mass is 10.1. The Morgan fingerprint density at radius 2 is 2.15 bits per heavy atom. The largest absolute Gasteiger partial charge is 0.463 e.